The third-order valence-corrected chi connectivity index (χ3v) is 1.78. The van der Waals surface area contributed by atoms with Crippen molar-refractivity contribution in [3.63, 3.8) is 0 Å². The first-order valence-electron chi connectivity index (χ1n) is 3.54. The van der Waals surface area contributed by atoms with Crippen LogP contribution in [-0.4, -0.2) is 22.3 Å². The van der Waals surface area contributed by atoms with Crippen molar-refractivity contribution in [2.45, 2.75) is 0 Å². The summed E-state index contributed by atoms with van der Waals surface area (Å²) < 4.78 is 0. The summed E-state index contributed by atoms with van der Waals surface area (Å²) >= 11 is 5.59. The van der Waals surface area contributed by atoms with E-state index in [4.69, 9.17) is 21.8 Å². The molecule has 0 aliphatic carbocycles. The maximum Gasteiger partial charge on any atom is 0.409 e. The molecule has 0 fully saturated rings. The van der Waals surface area contributed by atoms with Gasteiger partial charge in [-0.15, -0.1) is 0 Å². The molecule has 0 aliphatic heterocycles. The Balaban J connectivity index is 3.21. The van der Waals surface area contributed by atoms with Crippen molar-refractivity contribution >= 4 is 29.4 Å². The Morgan fingerprint density at radius 3 is 2.43 bits per heavy atom. The summed E-state index contributed by atoms with van der Waals surface area (Å²) in [7, 11) is 0. The molecule has 74 valence electrons. The largest absolute Gasteiger partial charge is 0.478 e. The van der Waals surface area contributed by atoms with Crippen molar-refractivity contribution in [2.24, 2.45) is 0 Å². The number of hydrogen-bond acceptors (Lipinski definition) is 2. The molecule has 3 N–H and O–H groups in total. The van der Waals surface area contributed by atoms with Crippen LogP contribution < -0.4 is 5.32 Å². The Labute approximate surface area is 83.9 Å². The Morgan fingerprint density at radius 1 is 1.29 bits per heavy atom. The minimum Gasteiger partial charge on any atom is -0.478 e. The second-order valence-corrected chi connectivity index (χ2v) is 2.80. The van der Waals surface area contributed by atoms with E-state index >= 15 is 0 Å². The number of carboxylic acid groups (broad SMARTS) is 2. The maximum atomic E-state index is 10.7. The summed E-state index contributed by atoms with van der Waals surface area (Å²) in [6, 6.07) is 4.15. The molecular formula is C8H6ClNO4. The van der Waals surface area contributed by atoms with Crippen LogP contribution in [-0.2, 0) is 0 Å². The summed E-state index contributed by atoms with van der Waals surface area (Å²) in [5.74, 6) is -1.28. The molecule has 0 saturated heterocycles. The summed E-state index contributed by atoms with van der Waals surface area (Å²) in [4.78, 5) is 21.0. The molecule has 5 nitrogen and oxygen atoms in total. The molecule has 0 aromatic heterocycles. The van der Waals surface area contributed by atoms with E-state index in [-0.39, 0.29) is 16.3 Å². The van der Waals surface area contributed by atoms with Crippen LogP contribution in [0.5, 0.6) is 0 Å². The molecule has 0 saturated carbocycles. The third-order valence-electron chi connectivity index (χ3n) is 1.47. The topological polar surface area (TPSA) is 86.6 Å². The predicted molar refractivity (Wildman–Crippen MR) is 50.1 cm³/mol. The van der Waals surface area contributed by atoms with Crippen LogP contribution in [0.25, 0.3) is 0 Å². The molecule has 1 rings (SSSR count). The van der Waals surface area contributed by atoms with Crippen LogP contribution in [0.2, 0.25) is 5.02 Å². The van der Waals surface area contributed by atoms with Crippen molar-refractivity contribution in [3.05, 3.63) is 28.8 Å². The minimum atomic E-state index is -1.34. The summed E-state index contributed by atoms with van der Waals surface area (Å²) in [6.45, 7) is 0. The molecule has 0 aliphatic rings. The third kappa shape index (κ3) is 2.14. The first-order chi connectivity index (χ1) is 6.52. The molecular weight excluding hydrogens is 210 g/mol. The Morgan fingerprint density at radius 2 is 1.93 bits per heavy atom. The molecule has 0 spiro atoms. The fourth-order valence-electron chi connectivity index (χ4n) is 0.961. The number of nitrogens with one attached hydrogen (secondary N) is 1. The number of hydrogen-bond donors (Lipinski definition) is 3. The van der Waals surface area contributed by atoms with Gasteiger partial charge in [-0.25, -0.2) is 9.59 Å². The first kappa shape index (κ1) is 10.3. The van der Waals surface area contributed by atoms with Gasteiger partial charge < -0.3 is 10.2 Å². The lowest BCUT2D eigenvalue weighted by atomic mass is 10.2. The van der Waals surface area contributed by atoms with Crippen molar-refractivity contribution < 1.29 is 19.8 Å². The number of aromatic carboxylic acids is 1. The van der Waals surface area contributed by atoms with E-state index in [1.807, 2.05) is 5.32 Å². The number of benzene rings is 1. The Bertz CT molecular complexity index is 391. The number of rotatable bonds is 2. The van der Waals surface area contributed by atoms with Crippen LogP contribution in [0.3, 0.4) is 0 Å². The van der Waals surface area contributed by atoms with Crippen molar-refractivity contribution in [1.29, 1.82) is 0 Å². The van der Waals surface area contributed by atoms with Crippen LogP contribution in [0.4, 0.5) is 10.5 Å². The highest BCUT2D eigenvalue weighted by Gasteiger charge is 2.15. The molecule has 0 heterocycles. The Kier molecular flexibility index (Phi) is 2.93. The van der Waals surface area contributed by atoms with E-state index in [1.54, 1.807) is 0 Å². The molecule has 0 unspecified atom stereocenters. The van der Waals surface area contributed by atoms with Gasteiger partial charge in [-0.3, -0.25) is 5.32 Å². The van der Waals surface area contributed by atoms with E-state index in [1.165, 1.54) is 18.2 Å². The molecule has 0 radical (unpaired) electrons. The molecule has 0 atom stereocenters. The van der Waals surface area contributed by atoms with Gasteiger partial charge in [0.2, 0.25) is 0 Å². The van der Waals surface area contributed by atoms with E-state index in [2.05, 4.69) is 0 Å². The van der Waals surface area contributed by atoms with Gasteiger partial charge in [0.15, 0.2) is 0 Å². The molecule has 1 aromatic carbocycles. The van der Waals surface area contributed by atoms with Gasteiger partial charge in [-0.1, -0.05) is 17.7 Å². The fourth-order valence-corrected chi connectivity index (χ4v) is 1.22. The summed E-state index contributed by atoms with van der Waals surface area (Å²) in [5.41, 5.74) is -0.297. The molecule has 1 aromatic rings. The van der Waals surface area contributed by atoms with Crippen molar-refractivity contribution in [2.75, 3.05) is 5.32 Å². The van der Waals surface area contributed by atoms with Gasteiger partial charge in [0.25, 0.3) is 0 Å². The highest BCUT2D eigenvalue weighted by atomic mass is 35.5. The van der Waals surface area contributed by atoms with E-state index in [0.29, 0.717) is 0 Å². The second kappa shape index (κ2) is 3.97. The highest BCUT2D eigenvalue weighted by Crippen LogP contribution is 2.24. The van der Waals surface area contributed by atoms with E-state index < -0.39 is 12.1 Å². The summed E-state index contributed by atoms with van der Waals surface area (Å²) in [5, 5.41) is 19.1. The molecule has 6 heteroatoms. The fraction of sp³-hybridized carbons (Fsp3) is 0. The SMILES string of the molecule is O=C(O)Nc1cccc(Cl)c1C(=O)O. The molecule has 14 heavy (non-hydrogen) atoms. The van der Waals surface area contributed by atoms with Gasteiger partial charge >= 0.3 is 12.1 Å². The quantitative estimate of drug-likeness (QED) is 0.705. The normalized spacial score (nSPS) is 9.50. The van der Waals surface area contributed by atoms with Gasteiger partial charge in [0.1, 0.15) is 5.56 Å². The van der Waals surface area contributed by atoms with Crippen LogP contribution in [0.15, 0.2) is 18.2 Å². The lowest BCUT2D eigenvalue weighted by Gasteiger charge is -2.06. The monoisotopic (exact) mass is 215 g/mol. The number of carbonyl (C=O) groups is 2. The van der Waals surface area contributed by atoms with Crippen molar-refractivity contribution in [1.82, 2.24) is 0 Å². The van der Waals surface area contributed by atoms with Gasteiger partial charge in [-0.05, 0) is 12.1 Å². The molecule has 1 amide bonds. The van der Waals surface area contributed by atoms with Crippen LogP contribution >= 0.6 is 11.6 Å². The average molecular weight is 216 g/mol. The minimum absolute atomic E-state index is 0.0104. The van der Waals surface area contributed by atoms with Gasteiger partial charge in [0.05, 0.1) is 10.7 Å². The Hall–Kier alpha value is -1.75. The number of anilines is 1. The second-order valence-electron chi connectivity index (χ2n) is 2.40. The smallest absolute Gasteiger partial charge is 0.409 e. The van der Waals surface area contributed by atoms with Crippen LogP contribution in [0.1, 0.15) is 10.4 Å². The van der Waals surface area contributed by atoms with E-state index in [0.717, 1.165) is 0 Å². The average Bonchev–Trinajstić information content (AvgIpc) is 2.01. The number of carboxylic acids is 1. The zero-order valence-corrected chi connectivity index (χ0v) is 7.58. The lowest BCUT2D eigenvalue weighted by molar-refractivity contribution is 0.0698. The number of halogens is 1. The first-order valence-corrected chi connectivity index (χ1v) is 3.92. The van der Waals surface area contributed by atoms with Crippen LogP contribution in [0, 0.1) is 0 Å². The standard InChI is InChI=1S/C8H6ClNO4/c9-4-2-1-3-5(10-8(13)14)6(4)7(11)12/h1-3,10H,(H,11,12)(H,13,14). The highest BCUT2D eigenvalue weighted by molar-refractivity contribution is 6.34. The zero-order valence-electron chi connectivity index (χ0n) is 6.82. The van der Waals surface area contributed by atoms with Gasteiger partial charge in [-0.2, -0.15) is 0 Å². The molecule has 0 bridgehead atoms. The van der Waals surface area contributed by atoms with Crippen molar-refractivity contribution in [3.8, 4) is 0 Å². The predicted octanol–water partition coefficient (Wildman–Crippen LogP) is 2.13. The zero-order chi connectivity index (χ0) is 10.7. The summed E-state index contributed by atoms with van der Waals surface area (Å²) in [6.07, 6.45) is -1.34. The lowest BCUT2D eigenvalue weighted by Crippen LogP contribution is -2.11. The van der Waals surface area contributed by atoms with Gasteiger partial charge in [0, 0.05) is 0 Å². The number of amides is 1. The maximum absolute atomic E-state index is 10.7. The van der Waals surface area contributed by atoms with E-state index in [9.17, 15) is 9.59 Å².